The molecule has 2 aliphatic carbocycles. The molecule has 0 saturated heterocycles. The SMILES string of the molecule is CCC(CC)C1CC2CCC2C1. The molecule has 0 aliphatic heterocycles. The third-order valence-electron chi connectivity index (χ3n) is 4.50. The molecule has 0 bridgehead atoms. The van der Waals surface area contributed by atoms with Crippen LogP contribution >= 0.6 is 0 Å². The van der Waals surface area contributed by atoms with E-state index in [1.807, 2.05) is 0 Å². The van der Waals surface area contributed by atoms with Crippen LogP contribution in [0.5, 0.6) is 0 Å². The lowest BCUT2D eigenvalue weighted by Gasteiger charge is -2.29. The predicted molar refractivity (Wildman–Crippen MR) is 53.0 cm³/mol. The van der Waals surface area contributed by atoms with Crippen molar-refractivity contribution < 1.29 is 0 Å². The molecule has 0 aromatic carbocycles. The van der Waals surface area contributed by atoms with Crippen LogP contribution in [0.15, 0.2) is 0 Å². The molecule has 0 N–H and O–H groups in total. The zero-order valence-electron chi connectivity index (χ0n) is 8.55. The van der Waals surface area contributed by atoms with Crippen LogP contribution in [0.1, 0.15) is 52.4 Å². The van der Waals surface area contributed by atoms with Gasteiger partial charge < -0.3 is 0 Å². The van der Waals surface area contributed by atoms with E-state index in [2.05, 4.69) is 13.8 Å². The minimum Gasteiger partial charge on any atom is -0.0651 e. The van der Waals surface area contributed by atoms with Crippen molar-refractivity contribution in [3.63, 3.8) is 0 Å². The van der Waals surface area contributed by atoms with E-state index in [4.69, 9.17) is 0 Å². The van der Waals surface area contributed by atoms with E-state index in [1.54, 1.807) is 25.7 Å². The second-order valence-electron chi connectivity index (χ2n) is 4.91. The molecule has 2 saturated carbocycles. The van der Waals surface area contributed by atoms with Gasteiger partial charge in [0.2, 0.25) is 0 Å². The molecule has 0 nitrogen and oxygen atoms in total. The van der Waals surface area contributed by atoms with Crippen molar-refractivity contribution in [1.82, 2.24) is 0 Å². The van der Waals surface area contributed by atoms with E-state index in [-0.39, 0.29) is 0 Å². The number of hydrogen-bond acceptors (Lipinski definition) is 0. The van der Waals surface area contributed by atoms with E-state index < -0.39 is 0 Å². The lowest BCUT2D eigenvalue weighted by Crippen LogP contribution is -2.18. The fourth-order valence-electron chi connectivity index (χ4n) is 3.47. The van der Waals surface area contributed by atoms with Crippen molar-refractivity contribution in [3.8, 4) is 0 Å². The van der Waals surface area contributed by atoms with E-state index in [0.717, 1.165) is 23.7 Å². The van der Waals surface area contributed by atoms with Crippen molar-refractivity contribution in [3.05, 3.63) is 0 Å². The second kappa shape index (κ2) is 3.40. The Morgan fingerprint density at radius 3 is 1.83 bits per heavy atom. The van der Waals surface area contributed by atoms with Gasteiger partial charge in [0.05, 0.1) is 0 Å². The molecule has 0 heterocycles. The van der Waals surface area contributed by atoms with Gasteiger partial charge in [0, 0.05) is 0 Å². The quantitative estimate of drug-likeness (QED) is 0.597. The van der Waals surface area contributed by atoms with Crippen molar-refractivity contribution in [2.75, 3.05) is 0 Å². The lowest BCUT2D eigenvalue weighted by molar-refractivity contribution is 0.219. The fourth-order valence-corrected chi connectivity index (χ4v) is 3.47. The summed E-state index contributed by atoms with van der Waals surface area (Å²) in [6.45, 7) is 4.74. The molecule has 70 valence electrons. The zero-order valence-corrected chi connectivity index (χ0v) is 8.55. The topological polar surface area (TPSA) is 0 Å². The molecule has 12 heavy (non-hydrogen) atoms. The Morgan fingerprint density at radius 1 is 1.00 bits per heavy atom. The van der Waals surface area contributed by atoms with E-state index >= 15 is 0 Å². The van der Waals surface area contributed by atoms with E-state index in [9.17, 15) is 0 Å². The average molecular weight is 166 g/mol. The van der Waals surface area contributed by atoms with Crippen LogP contribution in [0.3, 0.4) is 0 Å². The Kier molecular flexibility index (Phi) is 2.43. The predicted octanol–water partition coefficient (Wildman–Crippen LogP) is 3.86. The average Bonchev–Trinajstić information content (AvgIpc) is 2.33. The van der Waals surface area contributed by atoms with Gasteiger partial charge in [0.15, 0.2) is 0 Å². The van der Waals surface area contributed by atoms with Crippen LogP contribution in [-0.4, -0.2) is 0 Å². The summed E-state index contributed by atoms with van der Waals surface area (Å²) in [5.74, 6) is 4.49. The molecule has 2 aliphatic rings. The van der Waals surface area contributed by atoms with Crippen molar-refractivity contribution >= 4 is 0 Å². The highest BCUT2D eigenvalue weighted by atomic mass is 14.5. The van der Waals surface area contributed by atoms with Gasteiger partial charge >= 0.3 is 0 Å². The summed E-state index contributed by atoms with van der Waals surface area (Å²) in [6, 6.07) is 0. The zero-order chi connectivity index (χ0) is 8.55. The molecule has 0 heteroatoms. The van der Waals surface area contributed by atoms with Gasteiger partial charge in [0.1, 0.15) is 0 Å². The van der Waals surface area contributed by atoms with Gasteiger partial charge in [-0.2, -0.15) is 0 Å². The first-order valence-electron chi connectivity index (χ1n) is 5.85. The van der Waals surface area contributed by atoms with Crippen LogP contribution in [0.4, 0.5) is 0 Å². The fraction of sp³-hybridized carbons (Fsp3) is 1.00. The van der Waals surface area contributed by atoms with Crippen molar-refractivity contribution in [2.45, 2.75) is 52.4 Å². The Hall–Kier alpha value is 0. The highest BCUT2D eigenvalue weighted by Gasteiger charge is 2.41. The first kappa shape index (κ1) is 8.59. The molecule has 0 aromatic rings. The van der Waals surface area contributed by atoms with Crippen LogP contribution in [0.25, 0.3) is 0 Å². The Morgan fingerprint density at radius 2 is 1.50 bits per heavy atom. The number of rotatable bonds is 3. The van der Waals surface area contributed by atoms with Gasteiger partial charge in [-0.1, -0.05) is 26.7 Å². The van der Waals surface area contributed by atoms with Crippen LogP contribution < -0.4 is 0 Å². The molecule has 0 aromatic heterocycles. The van der Waals surface area contributed by atoms with Crippen LogP contribution in [0.2, 0.25) is 0 Å². The second-order valence-corrected chi connectivity index (χ2v) is 4.91. The summed E-state index contributed by atoms with van der Waals surface area (Å²) in [5.41, 5.74) is 0. The molecule has 2 rings (SSSR count). The highest BCUT2D eigenvalue weighted by molar-refractivity contribution is 4.92. The summed E-state index contributed by atoms with van der Waals surface area (Å²) in [6.07, 6.45) is 9.11. The third kappa shape index (κ3) is 1.30. The van der Waals surface area contributed by atoms with Crippen molar-refractivity contribution in [2.24, 2.45) is 23.7 Å². The van der Waals surface area contributed by atoms with Crippen molar-refractivity contribution in [1.29, 1.82) is 0 Å². The maximum Gasteiger partial charge on any atom is -0.0381 e. The Bertz CT molecular complexity index is 134. The summed E-state index contributed by atoms with van der Waals surface area (Å²) >= 11 is 0. The largest absolute Gasteiger partial charge is 0.0651 e. The van der Waals surface area contributed by atoms with Gasteiger partial charge in [0.25, 0.3) is 0 Å². The first-order chi connectivity index (χ1) is 5.85. The van der Waals surface area contributed by atoms with Gasteiger partial charge in [-0.15, -0.1) is 0 Å². The smallest absolute Gasteiger partial charge is 0.0381 e. The maximum absolute atomic E-state index is 2.37. The highest BCUT2D eigenvalue weighted by Crippen LogP contribution is 2.52. The Labute approximate surface area is 76.7 Å². The van der Waals surface area contributed by atoms with E-state index in [1.165, 1.54) is 12.8 Å². The molecule has 0 amide bonds. The van der Waals surface area contributed by atoms with Crippen LogP contribution in [-0.2, 0) is 0 Å². The molecule has 2 atom stereocenters. The first-order valence-corrected chi connectivity index (χ1v) is 5.85. The molecule has 2 unspecified atom stereocenters. The molecule has 2 fully saturated rings. The summed E-state index contributed by atoms with van der Waals surface area (Å²) in [4.78, 5) is 0. The molecular formula is C12H22. The minimum absolute atomic E-state index is 1.05. The maximum atomic E-state index is 2.37. The van der Waals surface area contributed by atoms with Crippen LogP contribution in [0, 0.1) is 23.7 Å². The normalized spacial score (nSPS) is 39.8. The lowest BCUT2D eigenvalue weighted by atomic mass is 9.77. The number of fused-ring (bicyclic) bond motifs is 1. The monoisotopic (exact) mass is 166 g/mol. The van der Waals surface area contributed by atoms with E-state index in [0.29, 0.717) is 0 Å². The standard InChI is InChI=1S/C12H22/c1-3-9(4-2)12-7-10-5-6-11(10)8-12/h9-12H,3-8H2,1-2H3. The molecular weight excluding hydrogens is 144 g/mol. The Balaban J connectivity index is 1.88. The van der Waals surface area contributed by atoms with Gasteiger partial charge in [-0.3, -0.25) is 0 Å². The summed E-state index contributed by atoms with van der Waals surface area (Å²) < 4.78 is 0. The van der Waals surface area contributed by atoms with Gasteiger partial charge in [-0.05, 0) is 49.4 Å². The summed E-state index contributed by atoms with van der Waals surface area (Å²) in [7, 11) is 0. The van der Waals surface area contributed by atoms with Gasteiger partial charge in [-0.25, -0.2) is 0 Å². The third-order valence-corrected chi connectivity index (χ3v) is 4.50. The minimum atomic E-state index is 1.05. The summed E-state index contributed by atoms with van der Waals surface area (Å²) in [5, 5.41) is 0. The number of hydrogen-bond donors (Lipinski definition) is 0. The molecule has 0 radical (unpaired) electrons. The molecule has 0 spiro atoms.